The van der Waals surface area contributed by atoms with Gasteiger partial charge >= 0.3 is 0 Å². The summed E-state index contributed by atoms with van der Waals surface area (Å²) in [5.74, 6) is 0. The van der Waals surface area contributed by atoms with Gasteiger partial charge in [0.05, 0.1) is 0 Å². The van der Waals surface area contributed by atoms with Crippen LogP contribution in [0.15, 0.2) is 60.7 Å². The molecular formula is C18H23N2P. The third-order valence-corrected chi connectivity index (χ3v) is 6.07. The standard InChI is InChI=1S/C18H23N2P/c1-15(17-9-5-3-6-10-17)19-13-14-20(21-19)16(2)18-11-7-4-8-12-18/h3-12,15-16,21H,13-14H2,1-2H3/t15-,16-/m0/s1. The van der Waals surface area contributed by atoms with Crippen molar-refractivity contribution in [1.29, 1.82) is 0 Å². The van der Waals surface area contributed by atoms with Gasteiger partial charge in [0, 0.05) is 34.1 Å². The van der Waals surface area contributed by atoms with Gasteiger partial charge in [0.25, 0.3) is 0 Å². The molecule has 1 fully saturated rings. The van der Waals surface area contributed by atoms with E-state index in [1.54, 1.807) is 0 Å². The molecule has 0 bridgehead atoms. The molecule has 1 aliphatic heterocycles. The van der Waals surface area contributed by atoms with Crippen LogP contribution in [0.25, 0.3) is 0 Å². The maximum absolute atomic E-state index is 2.59. The normalized spacial score (nSPS) is 19.5. The van der Waals surface area contributed by atoms with Gasteiger partial charge in [0.15, 0.2) is 0 Å². The first kappa shape index (κ1) is 14.7. The van der Waals surface area contributed by atoms with Crippen LogP contribution in [-0.2, 0) is 0 Å². The minimum absolute atomic E-state index is 0.498. The van der Waals surface area contributed by atoms with Gasteiger partial charge in [-0.1, -0.05) is 60.7 Å². The number of rotatable bonds is 4. The van der Waals surface area contributed by atoms with Gasteiger partial charge in [-0.3, -0.25) is 9.34 Å². The van der Waals surface area contributed by atoms with Crippen LogP contribution < -0.4 is 0 Å². The largest absolute Gasteiger partial charge is 0.264 e. The van der Waals surface area contributed by atoms with Gasteiger partial charge in [-0.05, 0) is 25.0 Å². The summed E-state index contributed by atoms with van der Waals surface area (Å²) in [6.07, 6.45) is 0. The molecular weight excluding hydrogens is 275 g/mol. The maximum atomic E-state index is 2.59. The van der Waals surface area contributed by atoms with Crippen molar-refractivity contribution in [1.82, 2.24) is 9.34 Å². The van der Waals surface area contributed by atoms with E-state index in [-0.39, 0.29) is 0 Å². The molecule has 0 radical (unpaired) electrons. The van der Waals surface area contributed by atoms with Gasteiger partial charge in [-0.25, -0.2) is 0 Å². The fraction of sp³-hybridized carbons (Fsp3) is 0.333. The minimum Gasteiger partial charge on any atom is -0.264 e. The lowest BCUT2D eigenvalue weighted by molar-refractivity contribution is 0.377. The van der Waals surface area contributed by atoms with E-state index in [1.807, 2.05) is 0 Å². The zero-order chi connectivity index (χ0) is 14.7. The minimum atomic E-state index is 0.498. The van der Waals surface area contributed by atoms with Crippen LogP contribution in [0.2, 0.25) is 0 Å². The zero-order valence-electron chi connectivity index (χ0n) is 12.7. The fourth-order valence-electron chi connectivity index (χ4n) is 2.86. The van der Waals surface area contributed by atoms with E-state index in [4.69, 9.17) is 0 Å². The Balaban J connectivity index is 1.66. The van der Waals surface area contributed by atoms with E-state index >= 15 is 0 Å². The lowest BCUT2D eigenvalue weighted by atomic mass is 10.1. The second-order valence-corrected chi connectivity index (χ2v) is 7.01. The lowest BCUT2D eigenvalue weighted by Gasteiger charge is -2.27. The first-order valence-electron chi connectivity index (χ1n) is 7.65. The van der Waals surface area contributed by atoms with Crippen LogP contribution in [0.3, 0.4) is 0 Å². The molecule has 0 spiro atoms. The molecule has 3 heteroatoms. The van der Waals surface area contributed by atoms with Crippen LogP contribution in [0.5, 0.6) is 0 Å². The first-order valence-corrected chi connectivity index (χ1v) is 8.54. The van der Waals surface area contributed by atoms with Crippen LogP contribution >= 0.6 is 8.88 Å². The number of benzene rings is 2. The summed E-state index contributed by atoms with van der Waals surface area (Å²) in [6.45, 7) is 6.95. The Labute approximate surface area is 129 Å². The van der Waals surface area contributed by atoms with E-state index in [9.17, 15) is 0 Å². The maximum Gasteiger partial charge on any atom is 0.0366 e. The molecule has 21 heavy (non-hydrogen) atoms. The lowest BCUT2D eigenvalue weighted by Crippen LogP contribution is -2.17. The number of nitrogens with zero attached hydrogens (tertiary/aromatic N) is 2. The second kappa shape index (κ2) is 6.70. The Morgan fingerprint density at radius 3 is 1.48 bits per heavy atom. The van der Waals surface area contributed by atoms with Crippen LogP contribution in [0, 0.1) is 0 Å². The molecule has 110 valence electrons. The molecule has 2 aromatic rings. The zero-order valence-corrected chi connectivity index (χ0v) is 13.7. The van der Waals surface area contributed by atoms with Crippen molar-refractivity contribution in [3.8, 4) is 0 Å². The number of hydrogen-bond donors (Lipinski definition) is 0. The van der Waals surface area contributed by atoms with E-state index in [2.05, 4.69) is 83.9 Å². The Kier molecular flexibility index (Phi) is 4.70. The Morgan fingerprint density at radius 1 is 0.714 bits per heavy atom. The summed E-state index contributed by atoms with van der Waals surface area (Å²) < 4.78 is 5.18. The summed E-state index contributed by atoms with van der Waals surface area (Å²) >= 11 is 0. The fourth-order valence-corrected chi connectivity index (χ4v) is 4.24. The van der Waals surface area contributed by atoms with Crippen molar-refractivity contribution >= 4 is 8.88 Å². The van der Waals surface area contributed by atoms with Gasteiger partial charge in [0.1, 0.15) is 0 Å². The Morgan fingerprint density at radius 2 is 1.10 bits per heavy atom. The predicted octanol–water partition coefficient (Wildman–Crippen LogP) is 4.63. The quantitative estimate of drug-likeness (QED) is 0.759. The first-order chi connectivity index (χ1) is 10.3. The average Bonchev–Trinajstić information content (AvgIpc) is 3.05. The van der Waals surface area contributed by atoms with Gasteiger partial charge in [-0.15, -0.1) is 0 Å². The monoisotopic (exact) mass is 298 g/mol. The van der Waals surface area contributed by atoms with Crippen molar-refractivity contribution in [2.24, 2.45) is 0 Å². The van der Waals surface area contributed by atoms with Crippen molar-refractivity contribution in [2.75, 3.05) is 13.1 Å². The van der Waals surface area contributed by atoms with Crippen molar-refractivity contribution in [2.45, 2.75) is 25.9 Å². The smallest absolute Gasteiger partial charge is 0.0366 e. The molecule has 3 rings (SSSR count). The molecule has 0 unspecified atom stereocenters. The third-order valence-electron chi connectivity index (χ3n) is 4.34. The molecule has 1 heterocycles. The van der Waals surface area contributed by atoms with E-state index in [0.29, 0.717) is 12.1 Å². The Hall–Kier alpha value is -1.21. The predicted molar refractivity (Wildman–Crippen MR) is 91.4 cm³/mol. The molecule has 0 aromatic heterocycles. The van der Waals surface area contributed by atoms with E-state index in [1.165, 1.54) is 11.1 Å². The molecule has 2 atom stereocenters. The highest BCUT2D eigenvalue weighted by molar-refractivity contribution is 7.32. The highest BCUT2D eigenvalue weighted by atomic mass is 31.1. The summed E-state index contributed by atoms with van der Waals surface area (Å²) in [5, 5.41) is 0. The molecule has 2 nitrogen and oxygen atoms in total. The SMILES string of the molecule is C[C@@H](c1ccccc1)N1CCN([C@@H](C)c2ccccc2)P1. The van der Waals surface area contributed by atoms with Crippen molar-refractivity contribution < 1.29 is 0 Å². The molecule has 1 saturated heterocycles. The molecule has 2 aromatic carbocycles. The summed E-state index contributed by atoms with van der Waals surface area (Å²) in [6, 6.07) is 22.6. The highest BCUT2D eigenvalue weighted by Crippen LogP contribution is 2.42. The topological polar surface area (TPSA) is 6.48 Å². The van der Waals surface area contributed by atoms with Gasteiger partial charge in [-0.2, -0.15) is 0 Å². The van der Waals surface area contributed by atoms with Gasteiger partial charge in [0.2, 0.25) is 0 Å². The number of hydrogen-bond acceptors (Lipinski definition) is 2. The molecule has 0 amide bonds. The van der Waals surface area contributed by atoms with Crippen LogP contribution in [0.4, 0.5) is 0 Å². The van der Waals surface area contributed by atoms with Crippen LogP contribution in [0.1, 0.15) is 37.1 Å². The van der Waals surface area contributed by atoms with Crippen molar-refractivity contribution in [3.63, 3.8) is 0 Å². The molecule has 1 aliphatic rings. The summed E-state index contributed by atoms with van der Waals surface area (Å²) in [5.41, 5.74) is 2.83. The Bertz CT molecular complexity index is 506. The third kappa shape index (κ3) is 3.35. The van der Waals surface area contributed by atoms with Crippen LogP contribution in [-0.4, -0.2) is 22.4 Å². The molecule has 0 N–H and O–H groups in total. The molecule has 0 aliphatic carbocycles. The highest BCUT2D eigenvalue weighted by Gasteiger charge is 2.28. The summed E-state index contributed by atoms with van der Waals surface area (Å²) in [4.78, 5) is 0. The van der Waals surface area contributed by atoms with E-state index in [0.717, 1.165) is 22.0 Å². The average molecular weight is 298 g/mol. The van der Waals surface area contributed by atoms with E-state index < -0.39 is 0 Å². The summed E-state index contributed by atoms with van der Waals surface area (Å²) in [7, 11) is 0.769. The molecule has 0 saturated carbocycles. The van der Waals surface area contributed by atoms with Crippen molar-refractivity contribution in [3.05, 3.63) is 71.8 Å². The second-order valence-electron chi connectivity index (χ2n) is 5.66. The van der Waals surface area contributed by atoms with Gasteiger partial charge < -0.3 is 0 Å².